The Hall–Kier alpha value is -3.93. The predicted molar refractivity (Wildman–Crippen MR) is 118 cm³/mol. The monoisotopic (exact) mass is 398 g/mol. The average Bonchev–Trinajstić information content (AvgIpc) is 3.15. The van der Waals surface area contributed by atoms with Gasteiger partial charge in [-0.1, -0.05) is 78.0 Å². The van der Waals surface area contributed by atoms with Crippen LogP contribution in [0, 0.1) is 6.92 Å². The molecule has 0 aliphatic rings. The molecular formula is C24H22N4O2. The first-order valence-corrected chi connectivity index (χ1v) is 9.69. The lowest BCUT2D eigenvalue weighted by Crippen LogP contribution is -2.34. The van der Waals surface area contributed by atoms with Crippen LogP contribution in [0.1, 0.15) is 34.6 Å². The third kappa shape index (κ3) is 3.80. The minimum Gasteiger partial charge on any atom is -0.370 e. The molecule has 3 N–H and O–H groups in total. The van der Waals surface area contributed by atoms with Crippen molar-refractivity contribution in [1.29, 1.82) is 0 Å². The molecule has 0 spiro atoms. The van der Waals surface area contributed by atoms with E-state index in [0.717, 1.165) is 21.9 Å². The number of guanidine groups is 1. The van der Waals surface area contributed by atoms with Crippen molar-refractivity contribution in [2.24, 2.45) is 10.7 Å². The molecular weight excluding hydrogens is 376 g/mol. The summed E-state index contributed by atoms with van der Waals surface area (Å²) in [5.41, 5.74) is 8.69. The van der Waals surface area contributed by atoms with E-state index >= 15 is 0 Å². The molecule has 6 nitrogen and oxygen atoms in total. The van der Waals surface area contributed by atoms with Gasteiger partial charge in [0.1, 0.15) is 17.0 Å². The van der Waals surface area contributed by atoms with Crippen LogP contribution in [0.25, 0.3) is 22.0 Å². The number of amides is 1. The lowest BCUT2D eigenvalue weighted by atomic mass is 10.00. The van der Waals surface area contributed by atoms with Gasteiger partial charge in [0.25, 0.3) is 5.91 Å². The fourth-order valence-electron chi connectivity index (χ4n) is 3.54. The van der Waals surface area contributed by atoms with Crippen molar-refractivity contribution in [3.05, 3.63) is 89.7 Å². The summed E-state index contributed by atoms with van der Waals surface area (Å²) >= 11 is 0. The number of fused-ring (bicyclic) bond motifs is 1. The Morgan fingerprint density at radius 1 is 1.03 bits per heavy atom. The van der Waals surface area contributed by atoms with Crippen molar-refractivity contribution in [3.63, 3.8) is 0 Å². The molecule has 3 aromatic carbocycles. The maximum Gasteiger partial charge on any atom is 0.286 e. The van der Waals surface area contributed by atoms with Gasteiger partial charge in [-0.3, -0.25) is 4.79 Å². The lowest BCUT2D eigenvalue weighted by molar-refractivity contribution is 0.100. The zero-order chi connectivity index (χ0) is 21.1. The summed E-state index contributed by atoms with van der Waals surface area (Å²) < 4.78 is 5.25. The van der Waals surface area contributed by atoms with E-state index in [-0.39, 0.29) is 12.0 Å². The number of carbonyl (C=O) groups excluding carboxylic acids is 1. The highest BCUT2D eigenvalue weighted by Crippen LogP contribution is 2.26. The topological polar surface area (TPSA) is 93.5 Å². The molecule has 0 fully saturated rings. The van der Waals surface area contributed by atoms with Crippen LogP contribution in [0.5, 0.6) is 0 Å². The first-order valence-electron chi connectivity index (χ1n) is 9.69. The van der Waals surface area contributed by atoms with Gasteiger partial charge in [-0.05, 0) is 30.2 Å². The Labute approximate surface area is 174 Å². The van der Waals surface area contributed by atoms with Crippen LogP contribution in [0.15, 0.2) is 82.3 Å². The molecule has 0 saturated heterocycles. The van der Waals surface area contributed by atoms with Gasteiger partial charge in [0.2, 0.25) is 0 Å². The number of aryl methyl sites for hydroxylation is 1. The van der Waals surface area contributed by atoms with E-state index < -0.39 is 5.91 Å². The predicted octanol–water partition coefficient (Wildman–Crippen LogP) is 4.61. The fourth-order valence-corrected chi connectivity index (χ4v) is 3.54. The minimum absolute atomic E-state index is 0.0417. The smallest absolute Gasteiger partial charge is 0.286 e. The maximum atomic E-state index is 12.9. The Balaban J connectivity index is 1.59. The average molecular weight is 398 g/mol. The number of nitrogens with one attached hydrogen (secondary N) is 1. The third-order valence-electron chi connectivity index (χ3n) is 5.00. The highest BCUT2D eigenvalue weighted by Gasteiger charge is 2.22. The summed E-state index contributed by atoms with van der Waals surface area (Å²) in [6, 6.07) is 23.5. The summed E-state index contributed by atoms with van der Waals surface area (Å²) in [6.45, 7) is 3.67. The van der Waals surface area contributed by atoms with E-state index in [2.05, 4.69) is 33.7 Å². The number of hydrogen-bond acceptors (Lipinski definition) is 3. The zero-order valence-corrected chi connectivity index (χ0v) is 16.8. The number of nitrogens with two attached hydrogens (primary N) is 1. The van der Waals surface area contributed by atoms with Crippen molar-refractivity contribution < 1.29 is 9.32 Å². The first kappa shape index (κ1) is 19.4. The number of nitrogens with zero attached hydrogens (tertiary/aromatic N) is 2. The van der Waals surface area contributed by atoms with Crippen molar-refractivity contribution in [2.75, 3.05) is 0 Å². The van der Waals surface area contributed by atoms with Crippen LogP contribution < -0.4 is 11.1 Å². The standard InChI is InChI=1S/C24H22N4O2/c1-15(19-14-8-12-17-9-6-7-13-20(17)19)26-24(25)27-23(29)21-16(2)30-28-22(21)18-10-4-3-5-11-18/h3-15H,1-2H3,(H3,25,26,27,29)/t15-/m1/s1. The highest BCUT2D eigenvalue weighted by atomic mass is 16.5. The summed E-state index contributed by atoms with van der Waals surface area (Å²) in [7, 11) is 0. The van der Waals surface area contributed by atoms with Crippen LogP contribution in [-0.2, 0) is 0 Å². The van der Waals surface area contributed by atoms with Gasteiger partial charge in [-0.2, -0.15) is 4.99 Å². The molecule has 1 heterocycles. The van der Waals surface area contributed by atoms with Crippen molar-refractivity contribution in [2.45, 2.75) is 19.9 Å². The third-order valence-corrected chi connectivity index (χ3v) is 5.00. The van der Waals surface area contributed by atoms with Gasteiger partial charge in [0.05, 0.1) is 6.04 Å². The Kier molecular flexibility index (Phi) is 5.30. The van der Waals surface area contributed by atoms with Gasteiger partial charge in [0.15, 0.2) is 5.96 Å². The molecule has 0 aliphatic heterocycles. The van der Waals surface area contributed by atoms with Gasteiger partial charge in [-0.25, -0.2) is 0 Å². The number of carbonyl (C=O) groups is 1. The second kappa shape index (κ2) is 8.21. The SMILES string of the molecule is Cc1onc(-c2ccccc2)c1C(=O)/N=C(\N)N[C@H](C)c1cccc2ccccc12. The van der Waals surface area contributed by atoms with Crippen LogP contribution in [0.2, 0.25) is 0 Å². The molecule has 1 atom stereocenters. The van der Waals surface area contributed by atoms with Crippen molar-refractivity contribution in [3.8, 4) is 11.3 Å². The lowest BCUT2D eigenvalue weighted by Gasteiger charge is -2.17. The molecule has 0 radical (unpaired) electrons. The number of benzene rings is 3. The largest absolute Gasteiger partial charge is 0.370 e. The van der Waals surface area contributed by atoms with Crippen LogP contribution >= 0.6 is 0 Å². The van der Waals surface area contributed by atoms with E-state index in [1.54, 1.807) is 6.92 Å². The zero-order valence-electron chi connectivity index (χ0n) is 16.8. The number of hydrogen-bond donors (Lipinski definition) is 2. The molecule has 1 amide bonds. The second-order valence-corrected chi connectivity index (χ2v) is 7.06. The van der Waals surface area contributed by atoms with Crippen LogP contribution in [0.4, 0.5) is 0 Å². The second-order valence-electron chi connectivity index (χ2n) is 7.06. The Bertz CT molecular complexity index is 1220. The number of aromatic nitrogens is 1. The van der Waals surface area contributed by atoms with E-state index in [9.17, 15) is 4.79 Å². The molecule has 0 bridgehead atoms. The quantitative estimate of drug-likeness (QED) is 0.387. The Morgan fingerprint density at radius 2 is 1.73 bits per heavy atom. The molecule has 0 aliphatic carbocycles. The highest BCUT2D eigenvalue weighted by molar-refractivity contribution is 6.06. The fraction of sp³-hybridized carbons (Fsp3) is 0.125. The van der Waals surface area contributed by atoms with Crippen molar-refractivity contribution in [1.82, 2.24) is 10.5 Å². The summed E-state index contributed by atoms with van der Waals surface area (Å²) in [5, 5.41) is 9.41. The van der Waals surface area contributed by atoms with Crippen LogP contribution in [-0.4, -0.2) is 17.0 Å². The summed E-state index contributed by atoms with van der Waals surface area (Å²) in [5.74, 6) is -0.0553. The van der Waals surface area contributed by atoms with E-state index in [1.807, 2.05) is 61.5 Å². The molecule has 1 aromatic heterocycles. The molecule has 4 rings (SSSR count). The molecule has 0 unspecified atom stereocenters. The van der Waals surface area contributed by atoms with Crippen molar-refractivity contribution >= 4 is 22.6 Å². The van der Waals surface area contributed by atoms with Crippen LogP contribution in [0.3, 0.4) is 0 Å². The molecule has 6 heteroatoms. The van der Waals surface area contributed by atoms with E-state index in [4.69, 9.17) is 10.3 Å². The van der Waals surface area contributed by atoms with Gasteiger partial charge < -0.3 is 15.6 Å². The van der Waals surface area contributed by atoms with E-state index in [0.29, 0.717) is 17.0 Å². The molecule has 4 aromatic rings. The molecule has 30 heavy (non-hydrogen) atoms. The number of aliphatic imine (C=N–C) groups is 1. The number of rotatable bonds is 4. The molecule has 0 saturated carbocycles. The van der Waals surface area contributed by atoms with Gasteiger partial charge in [-0.15, -0.1) is 0 Å². The first-order chi connectivity index (χ1) is 14.5. The summed E-state index contributed by atoms with van der Waals surface area (Å²) in [4.78, 5) is 16.9. The minimum atomic E-state index is -0.497. The van der Waals surface area contributed by atoms with Gasteiger partial charge >= 0.3 is 0 Å². The van der Waals surface area contributed by atoms with Gasteiger partial charge in [0, 0.05) is 5.56 Å². The summed E-state index contributed by atoms with van der Waals surface area (Å²) in [6.07, 6.45) is 0. The molecule has 150 valence electrons. The Morgan fingerprint density at radius 3 is 2.53 bits per heavy atom. The normalized spacial score (nSPS) is 12.7. The van der Waals surface area contributed by atoms with E-state index in [1.165, 1.54) is 0 Å². The maximum absolute atomic E-state index is 12.9.